The molecular formula is C12H17ClN2O2S. The van der Waals surface area contributed by atoms with Gasteiger partial charge in [0.2, 0.25) is 0 Å². The van der Waals surface area contributed by atoms with Gasteiger partial charge in [-0.3, -0.25) is 0 Å². The molecule has 1 fully saturated rings. The Hall–Kier alpha value is -0.780. The van der Waals surface area contributed by atoms with E-state index in [1.165, 1.54) is 12.3 Å². The monoisotopic (exact) mass is 288 g/mol. The Balaban J connectivity index is 2.30. The molecule has 0 spiro atoms. The first-order chi connectivity index (χ1) is 8.38. The number of nitrogens with zero attached hydrogens (tertiary/aromatic N) is 1. The van der Waals surface area contributed by atoms with Crippen molar-refractivity contribution < 1.29 is 8.42 Å². The summed E-state index contributed by atoms with van der Waals surface area (Å²) in [5.41, 5.74) is 0.900. The van der Waals surface area contributed by atoms with Gasteiger partial charge in [-0.05, 0) is 25.1 Å². The molecule has 1 aliphatic rings. The molecule has 1 heterocycles. The van der Waals surface area contributed by atoms with Crippen LogP contribution in [-0.4, -0.2) is 40.3 Å². The lowest BCUT2D eigenvalue weighted by Gasteiger charge is -2.34. The van der Waals surface area contributed by atoms with Crippen LogP contribution >= 0.6 is 11.6 Å². The zero-order valence-electron chi connectivity index (χ0n) is 10.5. The number of nitrogens with one attached hydrogen (secondary N) is 1. The zero-order chi connectivity index (χ0) is 13.3. The fraction of sp³-hybridized carbons (Fsp3) is 0.500. The van der Waals surface area contributed by atoms with E-state index < -0.39 is 9.84 Å². The van der Waals surface area contributed by atoms with Crippen molar-refractivity contribution in [1.82, 2.24) is 5.32 Å². The Labute approximate surface area is 113 Å². The highest BCUT2D eigenvalue weighted by Crippen LogP contribution is 2.29. The van der Waals surface area contributed by atoms with Crippen LogP contribution in [0.2, 0.25) is 5.02 Å². The molecule has 1 unspecified atom stereocenters. The topological polar surface area (TPSA) is 49.4 Å². The van der Waals surface area contributed by atoms with Crippen molar-refractivity contribution in [2.24, 2.45) is 0 Å². The van der Waals surface area contributed by atoms with Crippen molar-refractivity contribution in [2.75, 3.05) is 30.8 Å². The molecule has 1 atom stereocenters. The van der Waals surface area contributed by atoms with Crippen molar-refractivity contribution in [3.05, 3.63) is 23.2 Å². The van der Waals surface area contributed by atoms with E-state index in [1.54, 1.807) is 12.1 Å². The van der Waals surface area contributed by atoms with Crippen molar-refractivity contribution in [2.45, 2.75) is 17.9 Å². The highest BCUT2D eigenvalue weighted by atomic mass is 35.5. The summed E-state index contributed by atoms with van der Waals surface area (Å²) in [6, 6.07) is 5.34. The van der Waals surface area contributed by atoms with Gasteiger partial charge in [0.25, 0.3) is 0 Å². The van der Waals surface area contributed by atoms with Gasteiger partial charge in [0.15, 0.2) is 9.84 Å². The lowest BCUT2D eigenvalue weighted by atomic mass is 10.2. The van der Waals surface area contributed by atoms with E-state index in [9.17, 15) is 8.42 Å². The summed E-state index contributed by atoms with van der Waals surface area (Å²) in [7, 11) is -3.20. The number of sulfone groups is 1. The van der Waals surface area contributed by atoms with Crippen molar-refractivity contribution in [1.29, 1.82) is 0 Å². The molecular weight excluding hydrogens is 272 g/mol. The molecule has 1 aromatic rings. The molecule has 1 saturated heterocycles. The summed E-state index contributed by atoms with van der Waals surface area (Å²) in [4.78, 5) is 2.44. The van der Waals surface area contributed by atoms with Gasteiger partial charge in [0.05, 0.1) is 15.6 Å². The first-order valence-electron chi connectivity index (χ1n) is 5.86. The van der Waals surface area contributed by atoms with E-state index in [-0.39, 0.29) is 4.90 Å². The summed E-state index contributed by atoms with van der Waals surface area (Å²) in [6.45, 7) is 4.77. The summed E-state index contributed by atoms with van der Waals surface area (Å²) < 4.78 is 22.9. The van der Waals surface area contributed by atoms with Crippen LogP contribution in [0.25, 0.3) is 0 Å². The van der Waals surface area contributed by atoms with Gasteiger partial charge in [-0.2, -0.15) is 0 Å². The Morgan fingerprint density at radius 3 is 2.72 bits per heavy atom. The van der Waals surface area contributed by atoms with Crippen LogP contribution < -0.4 is 10.2 Å². The number of piperazine rings is 1. The zero-order valence-corrected chi connectivity index (χ0v) is 12.1. The molecule has 0 amide bonds. The van der Waals surface area contributed by atoms with Crippen LogP contribution in [0, 0.1) is 0 Å². The van der Waals surface area contributed by atoms with Crippen LogP contribution in [0.1, 0.15) is 6.92 Å². The van der Waals surface area contributed by atoms with Crippen LogP contribution in [0.4, 0.5) is 5.69 Å². The maximum absolute atomic E-state index is 11.4. The molecule has 2 rings (SSSR count). The van der Waals surface area contributed by atoms with E-state index in [0.29, 0.717) is 11.1 Å². The van der Waals surface area contributed by atoms with Gasteiger partial charge in [-0.1, -0.05) is 11.6 Å². The second-order valence-corrected chi connectivity index (χ2v) is 7.11. The molecule has 0 saturated carbocycles. The molecule has 0 radical (unpaired) electrons. The lowest BCUT2D eigenvalue weighted by Crippen LogP contribution is -2.49. The first-order valence-corrected chi connectivity index (χ1v) is 8.13. The molecule has 6 heteroatoms. The lowest BCUT2D eigenvalue weighted by molar-refractivity contribution is 0.485. The Bertz CT molecular complexity index is 545. The number of benzene rings is 1. The second kappa shape index (κ2) is 5.07. The van der Waals surface area contributed by atoms with Crippen molar-refractivity contribution >= 4 is 27.1 Å². The highest BCUT2D eigenvalue weighted by Gasteiger charge is 2.19. The predicted octanol–water partition coefficient (Wildman–Crippen LogP) is 1.54. The summed E-state index contributed by atoms with van der Waals surface area (Å²) >= 11 is 6.19. The van der Waals surface area contributed by atoms with Gasteiger partial charge in [0, 0.05) is 31.9 Å². The quantitative estimate of drug-likeness (QED) is 0.897. The number of hydrogen-bond acceptors (Lipinski definition) is 4. The third-order valence-corrected chi connectivity index (χ3v) is 4.47. The predicted molar refractivity (Wildman–Crippen MR) is 74.2 cm³/mol. The second-order valence-electron chi connectivity index (χ2n) is 4.69. The number of rotatable bonds is 2. The van der Waals surface area contributed by atoms with E-state index in [4.69, 9.17) is 11.6 Å². The molecule has 4 nitrogen and oxygen atoms in total. The Morgan fingerprint density at radius 2 is 2.17 bits per heavy atom. The number of halogens is 1. The minimum Gasteiger partial charge on any atom is -0.368 e. The molecule has 100 valence electrons. The molecule has 1 aromatic carbocycles. The number of hydrogen-bond donors (Lipinski definition) is 1. The van der Waals surface area contributed by atoms with E-state index in [0.717, 1.165) is 25.3 Å². The Kier molecular flexibility index (Phi) is 3.84. The van der Waals surface area contributed by atoms with E-state index in [1.807, 2.05) is 0 Å². The normalized spacial score (nSPS) is 21.1. The van der Waals surface area contributed by atoms with E-state index in [2.05, 4.69) is 17.1 Å². The molecule has 0 aliphatic carbocycles. The van der Waals surface area contributed by atoms with Crippen LogP contribution in [-0.2, 0) is 9.84 Å². The molecule has 0 aromatic heterocycles. The van der Waals surface area contributed by atoms with Crippen LogP contribution in [0.5, 0.6) is 0 Å². The minimum absolute atomic E-state index is 0.263. The van der Waals surface area contributed by atoms with E-state index >= 15 is 0 Å². The summed E-state index contributed by atoms with van der Waals surface area (Å²) in [5, 5.41) is 3.85. The van der Waals surface area contributed by atoms with Gasteiger partial charge < -0.3 is 10.2 Å². The third-order valence-electron chi connectivity index (χ3n) is 3.06. The average molecular weight is 289 g/mol. The fourth-order valence-electron chi connectivity index (χ4n) is 2.13. The van der Waals surface area contributed by atoms with Gasteiger partial charge >= 0.3 is 0 Å². The summed E-state index contributed by atoms with van der Waals surface area (Å²) in [5.74, 6) is 0. The van der Waals surface area contributed by atoms with Gasteiger partial charge in [-0.25, -0.2) is 8.42 Å². The van der Waals surface area contributed by atoms with Gasteiger partial charge in [-0.15, -0.1) is 0 Å². The largest absolute Gasteiger partial charge is 0.368 e. The Morgan fingerprint density at radius 1 is 1.44 bits per heavy atom. The third kappa shape index (κ3) is 2.96. The fourth-order valence-corrected chi connectivity index (χ4v) is 3.14. The molecule has 1 N–H and O–H groups in total. The molecule has 1 aliphatic heterocycles. The number of anilines is 1. The molecule has 18 heavy (non-hydrogen) atoms. The smallest absolute Gasteiger partial charge is 0.175 e. The molecule has 0 bridgehead atoms. The SMILES string of the molecule is CC1CN(c2ccc(S(C)(=O)=O)cc2Cl)CCN1. The maximum Gasteiger partial charge on any atom is 0.175 e. The first kappa shape index (κ1) is 13.6. The van der Waals surface area contributed by atoms with Crippen LogP contribution in [0.15, 0.2) is 23.1 Å². The minimum atomic E-state index is -3.20. The summed E-state index contributed by atoms with van der Waals surface area (Å²) in [6.07, 6.45) is 1.19. The average Bonchev–Trinajstić information content (AvgIpc) is 2.27. The maximum atomic E-state index is 11.4. The highest BCUT2D eigenvalue weighted by molar-refractivity contribution is 7.90. The van der Waals surface area contributed by atoms with Gasteiger partial charge in [0.1, 0.15) is 0 Å². The van der Waals surface area contributed by atoms with Crippen molar-refractivity contribution in [3.63, 3.8) is 0 Å². The van der Waals surface area contributed by atoms with Crippen molar-refractivity contribution in [3.8, 4) is 0 Å². The van der Waals surface area contributed by atoms with Crippen LogP contribution in [0.3, 0.4) is 0 Å². The standard InChI is InChI=1S/C12H17ClN2O2S/c1-9-8-15(6-5-14-9)12-4-3-10(7-11(12)13)18(2,16)17/h3-4,7,9,14H,5-6,8H2,1-2H3.